The van der Waals surface area contributed by atoms with Gasteiger partial charge in [0, 0.05) is 32.3 Å². The van der Waals surface area contributed by atoms with E-state index in [1.807, 2.05) is 27.3 Å². The monoisotopic (exact) mass is 397 g/mol. The Kier molecular flexibility index (Phi) is 4.23. The van der Waals surface area contributed by atoms with E-state index in [1.54, 1.807) is 12.3 Å². The van der Waals surface area contributed by atoms with Crippen LogP contribution in [-0.2, 0) is 25.7 Å². The molecule has 0 fully saturated rings. The third-order valence-electron chi connectivity index (χ3n) is 4.67. The third-order valence-corrected chi connectivity index (χ3v) is 4.89. The summed E-state index contributed by atoms with van der Waals surface area (Å²) in [6.45, 7) is 3.10. The van der Waals surface area contributed by atoms with Crippen LogP contribution in [0.15, 0.2) is 23.1 Å². The number of nitrogens with one attached hydrogen (secondary N) is 1. The van der Waals surface area contributed by atoms with Gasteiger partial charge in [-0.2, -0.15) is 13.2 Å². The number of aromatic amines is 1. The number of nitrogens with zero attached hydrogens (tertiary/aromatic N) is 4. The zero-order valence-corrected chi connectivity index (χ0v) is 15.0. The van der Waals surface area contributed by atoms with Gasteiger partial charge in [0.2, 0.25) is 5.82 Å². The summed E-state index contributed by atoms with van der Waals surface area (Å²) >= 11 is 6.07. The average molecular weight is 398 g/mol. The fourth-order valence-corrected chi connectivity index (χ4v) is 3.50. The lowest BCUT2D eigenvalue weighted by Crippen LogP contribution is -2.37. The molecule has 27 heavy (non-hydrogen) atoms. The predicted octanol–water partition coefficient (Wildman–Crippen LogP) is 2.96. The lowest BCUT2D eigenvalue weighted by atomic mass is 10.1. The van der Waals surface area contributed by atoms with Crippen LogP contribution in [0.25, 0.3) is 5.65 Å². The number of hydrogen-bond acceptors (Lipinski definition) is 4. The normalized spacial score (nSPS) is 15.3. The van der Waals surface area contributed by atoms with Crippen molar-refractivity contribution in [1.29, 1.82) is 0 Å². The third kappa shape index (κ3) is 3.32. The van der Waals surface area contributed by atoms with E-state index < -0.39 is 17.6 Å². The van der Waals surface area contributed by atoms with Gasteiger partial charge in [0.1, 0.15) is 5.65 Å². The molecule has 1 aliphatic rings. The van der Waals surface area contributed by atoms with Gasteiger partial charge in [-0.3, -0.25) is 9.69 Å². The summed E-state index contributed by atoms with van der Waals surface area (Å²) in [6.07, 6.45) is -2.62. The molecule has 0 spiro atoms. The minimum atomic E-state index is -4.67. The molecule has 0 atom stereocenters. The Bertz CT molecular complexity index is 1090. The lowest BCUT2D eigenvalue weighted by molar-refractivity contribution is -0.145. The highest BCUT2D eigenvalue weighted by atomic mass is 35.5. The minimum absolute atomic E-state index is 0.209. The van der Waals surface area contributed by atoms with Gasteiger partial charge in [-0.05, 0) is 19.1 Å². The summed E-state index contributed by atoms with van der Waals surface area (Å²) in [5.74, 6) is -1.24. The van der Waals surface area contributed by atoms with Crippen molar-refractivity contribution in [2.45, 2.75) is 32.6 Å². The van der Waals surface area contributed by atoms with Crippen molar-refractivity contribution in [3.8, 4) is 0 Å². The van der Waals surface area contributed by atoms with E-state index in [-0.39, 0.29) is 24.2 Å². The second-order valence-electron chi connectivity index (χ2n) is 6.52. The van der Waals surface area contributed by atoms with Crippen LogP contribution in [0.1, 0.15) is 28.5 Å². The quantitative estimate of drug-likeness (QED) is 0.722. The maximum absolute atomic E-state index is 12.8. The predicted molar refractivity (Wildman–Crippen MR) is 92.6 cm³/mol. The number of imidazole rings is 1. The smallest absolute Gasteiger partial charge is 0.303 e. The van der Waals surface area contributed by atoms with Crippen molar-refractivity contribution in [3.05, 3.63) is 62.2 Å². The number of fused-ring (bicyclic) bond motifs is 2. The molecule has 1 aliphatic heterocycles. The number of halogens is 4. The standard InChI is InChI=1S/C17H15ClF3N5O/c1-9-13(26-6-10(18)2-3-14(26)22-9)8-25-5-4-12-11(7-25)15(27)24-16(23-12)17(19,20)21/h2-3,6H,4-5,7-8H2,1H3,(H,23,24,27). The minimum Gasteiger partial charge on any atom is -0.303 e. The van der Waals surface area contributed by atoms with E-state index in [2.05, 4.69) is 9.97 Å². The molecular formula is C17H15ClF3N5O. The zero-order valence-electron chi connectivity index (χ0n) is 14.3. The van der Waals surface area contributed by atoms with E-state index >= 15 is 0 Å². The molecule has 3 aromatic heterocycles. The van der Waals surface area contributed by atoms with Gasteiger partial charge in [0.15, 0.2) is 0 Å². The molecule has 4 heterocycles. The van der Waals surface area contributed by atoms with E-state index in [0.29, 0.717) is 18.1 Å². The topological polar surface area (TPSA) is 66.3 Å². The van der Waals surface area contributed by atoms with Crippen LogP contribution < -0.4 is 5.56 Å². The van der Waals surface area contributed by atoms with Gasteiger partial charge in [0.05, 0.1) is 27.7 Å². The number of hydrogen-bond donors (Lipinski definition) is 1. The second-order valence-corrected chi connectivity index (χ2v) is 6.95. The molecule has 4 rings (SSSR count). The van der Waals surface area contributed by atoms with Gasteiger partial charge >= 0.3 is 6.18 Å². The molecule has 0 radical (unpaired) electrons. The number of H-pyrrole nitrogens is 1. The van der Waals surface area contributed by atoms with Crippen molar-refractivity contribution in [3.63, 3.8) is 0 Å². The molecule has 0 saturated carbocycles. The summed E-state index contributed by atoms with van der Waals surface area (Å²) in [4.78, 5) is 24.1. The number of pyridine rings is 1. The first-order chi connectivity index (χ1) is 12.7. The second kappa shape index (κ2) is 6.35. The summed E-state index contributed by atoms with van der Waals surface area (Å²) < 4.78 is 40.4. The number of alkyl halides is 3. The number of aromatic nitrogens is 4. The lowest BCUT2D eigenvalue weighted by Gasteiger charge is -2.27. The summed E-state index contributed by atoms with van der Waals surface area (Å²) in [5.41, 5.74) is 2.27. The molecular weight excluding hydrogens is 383 g/mol. The molecule has 1 N–H and O–H groups in total. The molecule has 0 saturated heterocycles. The van der Waals surface area contributed by atoms with Crippen molar-refractivity contribution in [2.75, 3.05) is 6.54 Å². The van der Waals surface area contributed by atoms with Crippen molar-refractivity contribution < 1.29 is 13.2 Å². The van der Waals surface area contributed by atoms with Gasteiger partial charge in [0.25, 0.3) is 5.56 Å². The van der Waals surface area contributed by atoms with Crippen molar-refractivity contribution in [2.24, 2.45) is 0 Å². The molecule has 10 heteroatoms. The Hall–Kier alpha value is -2.39. The summed E-state index contributed by atoms with van der Waals surface area (Å²) in [6, 6.07) is 3.57. The molecule has 0 unspecified atom stereocenters. The largest absolute Gasteiger partial charge is 0.449 e. The van der Waals surface area contributed by atoms with Crippen LogP contribution in [-0.4, -0.2) is 30.8 Å². The van der Waals surface area contributed by atoms with Crippen molar-refractivity contribution in [1.82, 2.24) is 24.3 Å². The molecule has 6 nitrogen and oxygen atoms in total. The Morgan fingerprint density at radius 1 is 1.30 bits per heavy atom. The summed E-state index contributed by atoms with van der Waals surface area (Å²) in [7, 11) is 0. The van der Waals surface area contributed by atoms with Crippen molar-refractivity contribution >= 4 is 17.2 Å². The molecule has 0 aliphatic carbocycles. The van der Waals surface area contributed by atoms with Gasteiger partial charge in [-0.25, -0.2) is 9.97 Å². The molecule has 3 aromatic rings. The molecule has 142 valence electrons. The fraction of sp³-hybridized carbons (Fsp3) is 0.353. The maximum atomic E-state index is 12.8. The summed E-state index contributed by atoms with van der Waals surface area (Å²) in [5, 5.41) is 0.575. The number of rotatable bonds is 2. The molecule has 0 aromatic carbocycles. The van der Waals surface area contributed by atoms with E-state index in [4.69, 9.17) is 11.6 Å². The van der Waals surface area contributed by atoms with Gasteiger partial charge in [-0.15, -0.1) is 0 Å². The van der Waals surface area contributed by atoms with Crippen LogP contribution in [0, 0.1) is 6.92 Å². The highest BCUT2D eigenvalue weighted by Gasteiger charge is 2.36. The van der Waals surface area contributed by atoms with E-state index in [0.717, 1.165) is 17.0 Å². The van der Waals surface area contributed by atoms with E-state index in [1.165, 1.54) is 0 Å². The van der Waals surface area contributed by atoms with Crippen LogP contribution in [0.4, 0.5) is 13.2 Å². The SMILES string of the molecule is Cc1nc2ccc(Cl)cn2c1CN1CCc2nc(C(F)(F)F)[nH]c(=O)c2C1. The van der Waals surface area contributed by atoms with Gasteiger partial charge < -0.3 is 9.38 Å². The highest BCUT2D eigenvalue weighted by molar-refractivity contribution is 6.30. The van der Waals surface area contributed by atoms with Crippen LogP contribution in [0.5, 0.6) is 0 Å². The van der Waals surface area contributed by atoms with Crippen LogP contribution >= 0.6 is 11.6 Å². The first-order valence-corrected chi connectivity index (χ1v) is 8.65. The highest BCUT2D eigenvalue weighted by Crippen LogP contribution is 2.27. The first kappa shape index (κ1) is 18.0. The number of aryl methyl sites for hydroxylation is 1. The zero-order chi connectivity index (χ0) is 19.3. The van der Waals surface area contributed by atoms with Crippen LogP contribution in [0.2, 0.25) is 5.02 Å². The average Bonchev–Trinajstić information content (AvgIpc) is 2.89. The van der Waals surface area contributed by atoms with Crippen LogP contribution in [0.3, 0.4) is 0 Å². The van der Waals surface area contributed by atoms with Gasteiger partial charge in [-0.1, -0.05) is 11.6 Å². The first-order valence-electron chi connectivity index (χ1n) is 8.27. The Morgan fingerprint density at radius 2 is 2.07 bits per heavy atom. The molecule has 0 amide bonds. The fourth-order valence-electron chi connectivity index (χ4n) is 3.34. The Balaban J connectivity index is 1.64. The Labute approximate surface area is 156 Å². The Morgan fingerprint density at radius 3 is 2.81 bits per heavy atom. The molecule has 0 bridgehead atoms. The van der Waals surface area contributed by atoms with E-state index in [9.17, 15) is 18.0 Å². The maximum Gasteiger partial charge on any atom is 0.449 e.